The Morgan fingerprint density at radius 1 is 1.05 bits per heavy atom. The molecule has 0 saturated heterocycles. The van der Waals surface area contributed by atoms with Crippen LogP contribution in [0, 0.1) is 0 Å². The first kappa shape index (κ1) is 13.9. The summed E-state index contributed by atoms with van der Waals surface area (Å²) in [4.78, 5) is 0. The zero-order chi connectivity index (χ0) is 14.7. The summed E-state index contributed by atoms with van der Waals surface area (Å²) < 4.78 is 11.0. The van der Waals surface area contributed by atoms with Gasteiger partial charge in [-0.1, -0.05) is 42.5 Å². The normalized spacial score (nSPS) is 16.5. The fourth-order valence-electron chi connectivity index (χ4n) is 2.93. The minimum atomic E-state index is 0.267. The van der Waals surface area contributed by atoms with Crippen LogP contribution in [0.5, 0.6) is 5.75 Å². The molecule has 0 fully saturated rings. The summed E-state index contributed by atoms with van der Waals surface area (Å²) in [5.41, 5.74) is 5.18. The van der Waals surface area contributed by atoms with Crippen LogP contribution in [-0.4, -0.2) is 20.3 Å². The second kappa shape index (κ2) is 6.15. The largest absolute Gasteiger partial charge is 0.497 e. The smallest absolute Gasteiger partial charge is 0.119 e. The highest BCUT2D eigenvalue weighted by molar-refractivity contribution is 5.70. The molecule has 0 bridgehead atoms. The Bertz CT molecular complexity index is 644. The van der Waals surface area contributed by atoms with Crippen molar-refractivity contribution in [2.45, 2.75) is 12.8 Å². The molecule has 108 valence electrons. The third-order valence-electron chi connectivity index (χ3n) is 3.92. The van der Waals surface area contributed by atoms with Gasteiger partial charge in [0.1, 0.15) is 5.75 Å². The average Bonchev–Trinajstić information content (AvgIpc) is 2.90. The first-order chi connectivity index (χ1) is 10.3. The summed E-state index contributed by atoms with van der Waals surface area (Å²) in [5, 5.41) is 0. The zero-order valence-corrected chi connectivity index (χ0v) is 12.5. The Labute approximate surface area is 126 Å². The van der Waals surface area contributed by atoms with Crippen LogP contribution < -0.4 is 4.74 Å². The van der Waals surface area contributed by atoms with E-state index < -0.39 is 0 Å². The fourth-order valence-corrected chi connectivity index (χ4v) is 2.93. The predicted octanol–water partition coefficient (Wildman–Crippen LogP) is 4.26. The highest BCUT2D eigenvalue weighted by atomic mass is 16.5. The molecule has 0 aromatic heterocycles. The van der Waals surface area contributed by atoms with Gasteiger partial charge in [-0.15, -0.1) is 0 Å². The molecule has 0 amide bonds. The lowest BCUT2D eigenvalue weighted by molar-refractivity contribution is 0.169. The molecule has 1 aliphatic carbocycles. The number of hydrogen-bond acceptors (Lipinski definition) is 2. The number of hydrogen-bond donors (Lipinski definition) is 0. The molecule has 2 aromatic carbocycles. The van der Waals surface area contributed by atoms with Gasteiger partial charge in [0.15, 0.2) is 0 Å². The second-order valence-corrected chi connectivity index (χ2v) is 5.19. The van der Waals surface area contributed by atoms with E-state index in [0.717, 1.165) is 12.4 Å². The van der Waals surface area contributed by atoms with Crippen molar-refractivity contribution < 1.29 is 9.47 Å². The summed E-state index contributed by atoms with van der Waals surface area (Å²) in [6, 6.07) is 16.9. The molecule has 0 radical (unpaired) electrons. The first-order valence-electron chi connectivity index (χ1n) is 7.34. The summed E-state index contributed by atoms with van der Waals surface area (Å²) in [6.45, 7) is 3.44. The van der Waals surface area contributed by atoms with Gasteiger partial charge in [0.05, 0.1) is 13.7 Å². The molecule has 0 spiro atoms. The maximum absolute atomic E-state index is 5.66. The molecular formula is C19H20O2. The van der Waals surface area contributed by atoms with Crippen LogP contribution in [0.2, 0.25) is 0 Å². The molecule has 3 rings (SSSR count). The van der Waals surface area contributed by atoms with E-state index in [1.165, 1.54) is 22.3 Å². The van der Waals surface area contributed by atoms with E-state index in [2.05, 4.69) is 48.5 Å². The number of benzene rings is 2. The van der Waals surface area contributed by atoms with E-state index >= 15 is 0 Å². The Balaban J connectivity index is 2.03. The Hall–Kier alpha value is -2.06. The fraction of sp³-hybridized carbons (Fsp3) is 0.263. The standard InChI is InChI=1S/C19H20O2/c1-3-21-13-16-11-15-9-10-17(20-2)12-18(15)19(16)14-7-5-4-6-8-14/h4-12,19H,3,13H2,1-2H3. The monoisotopic (exact) mass is 280 g/mol. The van der Waals surface area contributed by atoms with Crippen LogP contribution in [0.4, 0.5) is 0 Å². The van der Waals surface area contributed by atoms with Gasteiger partial charge in [0, 0.05) is 12.5 Å². The van der Waals surface area contributed by atoms with Gasteiger partial charge in [0.2, 0.25) is 0 Å². The number of fused-ring (bicyclic) bond motifs is 1. The SMILES string of the molecule is CCOCC1=Cc2ccc(OC)cc2C1c1ccccc1. The average molecular weight is 280 g/mol. The zero-order valence-electron chi connectivity index (χ0n) is 12.5. The van der Waals surface area contributed by atoms with E-state index in [0.29, 0.717) is 6.61 Å². The van der Waals surface area contributed by atoms with Gasteiger partial charge in [-0.3, -0.25) is 0 Å². The minimum absolute atomic E-state index is 0.267. The molecule has 0 saturated carbocycles. The van der Waals surface area contributed by atoms with Crippen LogP contribution in [0.15, 0.2) is 54.1 Å². The minimum Gasteiger partial charge on any atom is -0.497 e. The molecule has 2 nitrogen and oxygen atoms in total. The predicted molar refractivity (Wildman–Crippen MR) is 85.7 cm³/mol. The molecule has 2 aromatic rings. The van der Waals surface area contributed by atoms with Gasteiger partial charge in [-0.25, -0.2) is 0 Å². The Kier molecular flexibility index (Phi) is 4.07. The number of methoxy groups -OCH3 is 1. The molecule has 21 heavy (non-hydrogen) atoms. The van der Waals surface area contributed by atoms with Crippen LogP contribution in [0.3, 0.4) is 0 Å². The molecule has 1 aliphatic rings. The van der Waals surface area contributed by atoms with Gasteiger partial charge >= 0.3 is 0 Å². The topological polar surface area (TPSA) is 18.5 Å². The van der Waals surface area contributed by atoms with Crippen LogP contribution >= 0.6 is 0 Å². The van der Waals surface area contributed by atoms with E-state index in [1.54, 1.807) is 7.11 Å². The molecular weight excluding hydrogens is 260 g/mol. The van der Waals surface area contributed by atoms with E-state index in [-0.39, 0.29) is 5.92 Å². The molecule has 1 unspecified atom stereocenters. The lowest BCUT2D eigenvalue weighted by atomic mass is 9.88. The molecule has 2 heteroatoms. The lowest BCUT2D eigenvalue weighted by Gasteiger charge is -2.18. The maximum Gasteiger partial charge on any atom is 0.119 e. The van der Waals surface area contributed by atoms with Crippen molar-refractivity contribution in [2.75, 3.05) is 20.3 Å². The Morgan fingerprint density at radius 2 is 1.86 bits per heavy atom. The van der Waals surface area contributed by atoms with Crippen molar-refractivity contribution >= 4 is 6.08 Å². The van der Waals surface area contributed by atoms with Crippen LogP contribution in [0.25, 0.3) is 6.08 Å². The van der Waals surface area contributed by atoms with Crippen molar-refractivity contribution in [1.29, 1.82) is 0 Å². The van der Waals surface area contributed by atoms with Gasteiger partial charge < -0.3 is 9.47 Å². The second-order valence-electron chi connectivity index (χ2n) is 5.19. The molecule has 0 N–H and O–H groups in total. The van der Waals surface area contributed by atoms with Gasteiger partial charge in [-0.05, 0) is 41.3 Å². The van der Waals surface area contributed by atoms with Gasteiger partial charge in [-0.2, -0.15) is 0 Å². The first-order valence-corrected chi connectivity index (χ1v) is 7.34. The van der Waals surface area contributed by atoms with Crippen molar-refractivity contribution in [1.82, 2.24) is 0 Å². The maximum atomic E-state index is 5.66. The summed E-state index contributed by atoms with van der Waals surface area (Å²) >= 11 is 0. The molecule has 0 aliphatic heterocycles. The summed E-state index contributed by atoms with van der Waals surface area (Å²) in [5.74, 6) is 1.17. The van der Waals surface area contributed by atoms with Crippen LogP contribution in [-0.2, 0) is 4.74 Å². The summed E-state index contributed by atoms with van der Waals surface area (Å²) in [7, 11) is 1.71. The highest BCUT2D eigenvalue weighted by Crippen LogP contribution is 2.42. The van der Waals surface area contributed by atoms with E-state index in [1.807, 2.05) is 13.0 Å². The number of ether oxygens (including phenoxy) is 2. The molecule has 1 atom stereocenters. The number of rotatable bonds is 5. The van der Waals surface area contributed by atoms with Crippen molar-refractivity contribution in [3.8, 4) is 5.75 Å². The third-order valence-corrected chi connectivity index (χ3v) is 3.92. The van der Waals surface area contributed by atoms with Crippen molar-refractivity contribution in [3.63, 3.8) is 0 Å². The van der Waals surface area contributed by atoms with Crippen molar-refractivity contribution in [3.05, 3.63) is 70.8 Å². The molecule has 0 heterocycles. The van der Waals surface area contributed by atoms with Crippen LogP contribution in [0.1, 0.15) is 29.5 Å². The van der Waals surface area contributed by atoms with E-state index in [9.17, 15) is 0 Å². The Morgan fingerprint density at radius 3 is 2.57 bits per heavy atom. The van der Waals surface area contributed by atoms with Crippen molar-refractivity contribution in [2.24, 2.45) is 0 Å². The van der Waals surface area contributed by atoms with E-state index in [4.69, 9.17) is 9.47 Å². The summed E-state index contributed by atoms with van der Waals surface area (Å²) in [6.07, 6.45) is 2.25. The quantitative estimate of drug-likeness (QED) is 0.814. The van der Waals surface area contributed by atoms with Gasteiger partial charge in [0.25, 0.3) is 0 Å². The third kappa shape index (κ3) is 2.72. The highest BCUT2D eigenvalue weighted by Gasteiger charge is 2.27. The lowest BCUT2D eigenvalue weighted by Crippen LogP contribution is -2.07.